The number of amides is 1. The van der Waals surface area contributed by atoms with Gasteiger partial charge in [0.05, 0.1) is 30.0 Å². The number of fused-ring (bicyclic) bond motifs is 4. The molecule has 0 bridgehead atoms. The van der Waals surface area contributed by atoms with Crippen molar-refractivity contribution in [1.82, 2.24) is 9.88 Å². The van der Waals surface area contributed by atoms with E-state index in [0.717, 1.165) is 71.4 Å². The smallest absolute Gasteiger partial charge is 0.349 e. The number of anilines is 1. The Morgan fingerprint density at radius 1 is 1.07 bits per heavy atom. The molecule has 1 aliphatic rings. The molecular weight excluding hydrogens is 550 g/mol. The highest BCUT2D eigenvalue weighted by Crippen LogP contribution is 2.33. The fourth-order valence-corrected chi connectivity index (χ4v) is 6.01. The van der Waals surface area contributed by atoms with Crippen LogP contribution in [0.2, 0.25) is 0 Å². The zero-order chi connectivity index (χ0) is 26.8. The summed E-state index contributed by atoms with van der Waals surface area (Å²) in [6, 6.07) is 18.9. The van der Waals surface area contributed by atoms with Gasteiger partial charge in [-0.3, -0.25) is 14.6 Å². The highest BCUT2D eigenvalue weighted by atomic mass is 35.5. The molecule has 0 atom stereocenters. The number of benzene rings is 3. The number of carbonyl (C=O) groups is 1. The molecule has 0 radical (unpaired) electrons. The fraction of sp³-hybridized carbons (Fsp3) is 0.300. The zero-order valence-corrected chi connectivity index (χ0v) is 23.8. The van der Waals surface area contributed by atoms with Crippen molar-refractivity contribution in [2.75, 3.05) is 50.9 Å². The number of carbonyl (C=O) groups excluding carboxylic acids is 1. The summed E-state index contributed by atoms with van der Waals surface area (Å²) in [5, 5.41) is 3.21. The van der Waals surface area contributed by atoms with Gasteiger partial charge in [0.1, 0.15) is 16.9 Å². The standard InChI is InChI=1S/C30H29N3O5S.ClH/c1-2-37-21-9-10-25-27(18-21)39-30(31-25)33(13-5-12-32-14-16-36-17-15-32)28(34)24-19-23-22-7-4-3-6-20(22)8-11-26(23)38-29(24)35;/h3-4,6-11,18-19H,2,5,12-17H2,1H3;1H. The number of hydrogen-bond donors (Lipinski definition) is 0. The third-order valence-electron chi connectivity index (χ3n) is 6.97. The number of morpholine rings is 1. The summed E-state index contributed by atoms with van der Waals surface area (Å²) in [6.45, 7) is 6.92. The van der Waals surface area contributed by atoms with Crippen molar-refractivity contribution < 1.29 is 18.7 Å². The van der Waals surface area contributed by atoms with Crippen LogP contribution in [-0.4, -0.2) is 61.8 Å². The van der Waals surface area contributed by atoms with Crippen molar-refractivity contribution in [2.45, 2.75) is 13.3 Å². The molecule has 10 heteroatoms. The van der Waals surface area contributed by atoms with Crippen LogP contribution in [0.15, 0.2) is 69.9 Å². The third kappa shape index (κ3) is 5.69. The summed E-state index contributed by atoms with van der Waals surface area (Å²) in [7, 11) is 0. The number of rotatable bonds is 8. The van der Waals surface area contributed by atoms with Gasteiger partial charge in [-0.15, -0.1) is 12.4 Å². The predicted molar refractivity (Wildman–Crippen MR) is 162 cm³/mol. The lowest BCUT2D eigenvalue weighted by Gasteiger charge is -2.27. The average Bonchev–Trinajstić information content (AvgIpc) is 3.38. The van der Waals surface area contributed by atoms with Gasteiger partial charge in [0.15, 0.2) is 5.13 Å². The van der Waals surface area contributed by atoms with Gasteiger partial charge in [-0.25, -0.2) is 9.78 Å². The second-order valence-corrected chi connectivity index (χ2v) is 10.5. The van der Waals surface area contributed by atoms with Crippen molar-refractivity contribution in [3.05, 3.63) is 76.6 Å². The van der Waals surface area contributed by atoms with Crippen LogP contribution in [0.3, 0.4) is 0 Å². The van der Waals surface area contributed by atoms with Gasteiger partial charge in [-0.05, 0) is 54.4 Å². The highest BCUT2D eigenvalue weighted by Gasteiger charge is 2.25. The Kier molecular flexibility index (Phi) is 8.66. The Bertz CT molecular complexity index is 1710. The monoisotopic (exact) mass is 579 g/mol. The summed E-state index contributed by atoms with van der Waals surface area (Å²) in [5.41, 5.74) is 0.582. The molecule has 1 fully saturated rings. The van der Waals surface area contributed by atoms with Crippen LogP contribution >= 0.6 is 23.7 Å². The molecule has 1 amide bonds. The molecule has 208 valence electrons. The Morgan fingerprint density at radius 3 is 2.73 bits per heavy atom. The molecule has 8 nitrogen and oxygen atoms in total. The largest absolute Gasteiger partial charge is 0.494 e. The number of thiazole rings is 1. The number of nitrogens with zero attached hydrogens (tertiary/aromatic N) is 3. The van der Waals surface area contributed by atoms with Crippen LogP contribution in [0, 0.1) is 0 Å². The van der Waals surface area contributed by atoms with E-state index in [0.29, 0.717) is 23.9 Å². The molecule has 6 rings (SSSR count). The molecular formula is C30H30ClN3O5S. The average molecular weight is 580 g/mol. The summed E-state index contributed by atoms with van der Waals surface area (Å²) in [4.78, 5) is 35.9. The minimum Gasteiger partial charge on any atom is -0.494 e. The first-order valence-electron chi connectivity index (χ1n) is 13.2. The minimum atomic E-state index is -0.652. The Balaban J connectivity index is 0.00000323. The normalized spacial score (nSPS) is 13.9. The molecule has 40 heavy (non-hydrogen) atoms. The van der Waals surface area contributed by atoms with Crippen LogP contribution < -0.4 is 15.3 Å². The third-order valence-corrected chi connectivity index (χ3v) is 8.01. The molecule has 3 aromatic carbocycles. The first-order chi connectivity index (χ1) is 19.1. The summed E-state index contributed by atoms with van der Waals surface area (Å²) < 4.78 is 17.7. The number of halogens is 1. The van der Waals surface area contributed by atoms with Gasteiger partial charge in [-0.1, -0.05) is 41.7 Å². The molecule has 0 saturated carbocycles. The fourth-order valence-electron chi connectivity index (χ4n) is 4.99. The van der Waals surface area contributed by atoms with Crippen LogP contribution in [0.25, 0.3) is 32.0 Å². The maximum atomic E-state index is 14.0. The molecule has 1 saturated heterocycles. The molecule has 0 N–H and O–H groups in total. The van der Waals surface area contributed by atoms with E-state index in [-0.39, 0.29) is 18.0 Å². The molecule has 2 aromatic heterocycles. The summed E-state index contributed by atoms with van der Waals surface area (Å²) in [5.74, 6) is 0.345. The molecule has 5 aromatic rings. The summed E-state index contributed by atoms with van der Waals surface area (Å²) in [6.07, 6.45) is 0.730. The maximum Gasteiger partial charge on any atom is 0.349 e. The van der Waals surface area contributed by atoms with Crippen molar-refractivity contribution in [1.29, 1.82) is 0 Å². The van der Waals surface area contributed by atoms with E-state index in [1.165, 1.54) is 11.3 Å². The molecule has 1 aliphatic heterocycles. The lowest BCUT2D eigenvalue weighted by atomic mass is 10.0. The van der Waals surface area contributed by atoms with E-state index in [4.69, 9.17) is 18.9 Å². The molecule has 0 spiro atoms. The van der Waals surface area contributed by atoms with Crippen LogP contribution in [0.4, 0.5) is 5.13 Å². The number of ether oxygens (including phenoxy) is 2. The predicted octanol–water partition coefficient (Wildman–Crippen LogP) is 5.75. The van der Waals surface area contributed by atoms with E-state index in [9.17, 15) is 9.59 Å². The van der Waals surface area contributed by atoms with E-state index >= 15 is 0 Å². The summed E-state index contributed by atoms with van der Waals surface area (Å²) >= 11 is 1.41. The van der Waals surface area contributed by atoms with E-state index in [1.807, 2.05) is 55.5 Å². The van der Waals surface area contributed by atoms with Crippen molar-refractivity contribution in [3.63, 3.8) is 0 Å². The Hall–Kier alpha value is -3.50. The second-order valence-electron chi connectivity index (χ2n) is 9.47. The zero-order valence-electron chi connectivity index (χ0n) is 22.1. The van der Waals surface area contributed by atoms with Gasteiger partial charge in [0, 0.05) is 31.6 Å². The first-order valence-corrected chi connectivity index (χ1v) is 14.0. The van der Waals surface area contributed by atoms with Crippen LogP contribution in [-0.2, 0) is 4.74 Å². The Labute approximate surface area is 241 Å². The maximum absolute atomic E-state index is 14.0. The van der Waals surface area contributed by atoms with Crippen LogP contribution in [0.1, 0.15) is 23.7 Å². The SMILES string of the molecule is CCOc1ccc2nc(N(CCCN3CCOCC3)C(=O)c3cc4c(ccc5ccccc54)oc3=O)sc2c1.Cl. The van der Waals surface area contributed by atoms with Gasteiger partial charge in [-0.2, -0.15) is 0 Å². The van der Waals surface area contributed by atoms with Crippen molar-refractivity contribution in [2.24, 2.45) is 0 Å². The molecule has 0 aliphatic carbocycles. The van der Waals surface area contributed by atoms with Gasteiger partial charge >= 0.3 is 5.63 Å². The van der Waals surface area contributed by atoms with Crippen molar-refractivity contribution >= 4 is 66.7 Å². The minimum absolute atomic E-state index is 0. The first kappa shape index (κ1) is 28.0. The molecule has 3 heterocycles. The highest BCUT2D eigenvalue weighted by molar-refractivity contribution is 7.22. The van der Waals surface area contributed by atoms with Crippen LogP contribution in [0.5, 0.6) is 5.75 Å². The topological polar surface area (TPSA) is 85.1 Å². The van der Waals surface area contributed by atoms with E-state index in [2.05, 4.69) is 4.90 Å². The quantitative estimate of drug-likeness (QED) is 0.171. The van der Waals surface area contributed by atoms with Crippen molar-refractivity contribution in [3.8, 4) is 5.75 Å². The van der Waals surface area contributed by atoms with E-state index in [1.54, 1.807) is 17.0 Å². The molecule has 0 unspecified atom stereocenters. The van der Waals surface area contributed by atoms with Gasteiger partial charge in [0.25, 0.3) is 5.91 Å². The lowest BCUT2D eigenvalue weighted by molar-refractivity contribution is 0.0376. The second kappa shape index (κ2) is 12.3. The lowest BCUT2D eigenvalue weighted by Crippen LogP contribution is -2.40. The number of aromatic nitrogens is 1. The Morgan fingerprint density at radius 2 is 1.90 bits per heavy atom. The van der Waals surface area contributed by atoms with E-state index < -0.39 is 11.5 Å². The van der Waals surface area contributed by atoms with Gasteiger partial charge < -0.3 is 13.9 Å². The van der Waals surface area contributed by atoms with Gasteiger partial charge in [0.2, 0.25) is 0 Å². The number of hydrogen-bond acceptors (Lipinski definition) is 8.